The maximum Gasteiger partial charge on any atom is 0.145 e. The van der Waals surface area contributed by atoms with E-state index in [1.165, 1.54) is 163 Å². The molecule has 4 saturated carbocycles. The van der Waals surface area contributed by atoms with Gasteiger partial charge in [-0.15, -0.1) is 29.7 Å². The number of hydrogen-bond donors (Lipinski definition) is 0. The molecule has 0 aliphatic heterocycles. The zero-order chi connectivity index (χ0) is 59.9. The van der Waals surface area contributed by atoms with E-state index in [4.69, 9.17) is 9.97 Å². The van der Waals surface area contributed by atoms with Crippen LogP contribution in [0.2, 0.25) is 0 Å². The fourth-order valence-corrected chi connectivity index (χ4v) is 17.7. The first-order valence-corrected chi connectivity index (χ1v) is 33.9. The number of aromatic nitrogens is 4. The minimum absolute atomic E-state index is 0. The second kappa shape index (κ2) is 24.3. The van der Waals surface area contributed by atoms with Crippen molar-refractivity contribution in [3.63, 3.8) is 0 Å². The minimum atomic E-state index is 0. The van der Waals surface area contributed by atoms with Crippen molar-refractivity contribution in [1.29, 1.82) is 0 Å². The van der Waals surface area contributed by atoms with E-state index >= 15 is 0 Å². The van der Waals surface area contributed by atoms with E-state index in [1.807, 2.05) is 6.07 Å². The quantitative estimate of drug-likeness (QED) is 0.123. The number of benzene rings is 6. The van der Waals surface area contributed by atoms with Crippen LogP contribution in [0.25, 0.3) is 77.2 Å². The number of rotatable bonds is 6. The first-order valence-electron chi connectivity index (χ1n) is 33.9. The minimum Gasteiger partial charge on any atom is -0.333 e. The molecule has 0 saturated heterocycles. The third-order valence-electron chi connectivity index (χ3n) is 23.0. The Morgan fingerprint density at radius 3 is 1.02 bits per heavy atom. The van der Waals surface area contributed by atoms with E-state index in [-0.39, 0.29) is 20.1 Å². The molecule has 4 fully saturated rings. The van der Waals surface area contributed by atoms with Crippen LogP contribution in [0, 0.1) is 51.4 Å². The van der Waals surface area contributed by atoms with Gasteiger partial charge in [0.05, 0.1) is 28.7 Å². The molecule has 4 aliphatic carbocycles. The molecule has 0 atom stereocenters. The van der Waals surface area contributed by atoms with Crippen molar-refractivity contribution in [2.45, 2.75) is 209 Å². The first kappa shape index (κ1) is 61.6. The van der Waals surface area contributed by atoms with Crippen molar-refractivity contribution in [3.05, 3.63) is 168 Å². The number of fused-ring (bicyclic) bond motifs is 12. The Bertz CT molecular complexity index is 3690. The topological polar surface area (TPSA) is 34.6 Å². The van der Waals surface area contributed by atoms with Crippen LogP contribution in [0.4, 0.5) is 0 Å². The van der Waals surface area contributed by atoms with E-state index in [1.54, 1.807) is 22.3 Å². The smallest absolute Gasteiger partial charge is 0.145 e. The Kier molecular flexibility index (Phi) is 17.2. The molecule has 1 radical (unpaired) electrons. The third kappa shape index (κ3) is 11.8. The summed E-state index contributed by atoms with van der Waals surface area (Å²) in [5.74, 6) is 5.66. The average Bonchev–Trinajstić information content (AvgIpc) is 2.09. The molecule has 87 heavy (non-hydrogen) atoms. The molecule has 10 aromatic rings. The molecule has 5 heteroatoms. The molecule has 0 N–H and O–H groups in total. The second-order valence-corrected chi connectivity index (χ2v) is 31.9. The Morgan fingerprint density at radius 1 is 0.333 bits per heavy atom. The van der Waals surface area contributed by atoms with Crippen LogP contribution in [-0.4, -0.2) is 18.8 Å². The van der Waals surface area contributed by atoms with Crippen LogP contribution >= 0.6 is 0 Å². The SMILES string of the molecule is CC(C)(C)C1CCC(c2cccc(C3CCC(C(C)(C)C)CC3)c2-c2cnc3c4[c-]cccc4c4ccccc4n23)CC1.CC(C)(C)C1CCC(c2cccc(C3CCC(C(C)(C)C)CC3)c2-c2cnc3c4ccccc4c4ccccc4n23)CC1.[Ir]. The van der Waals surface area contributed by atoms with Crippen LogP contribution in [0.5, 0.6) is 0 Å². The summed E-state index contributed by atoms with van der Waals surface area (Å²) in [7, 11) is 0. The molecule has 4 aliphatic rings. The Hall–Kier alpha value is -5.61. The molecule has 0 spiro atoms. The van der Waals surface area contributed by atoms with Crippen LogP contribution in [0.15, 0.2) is 140 Å². The number of imidazole rings is 2. The normalized spacial score (nSPS) is 23.5. The second-order valence-electron chi connectivity index (χ2n) is 31.9. The molecule has 0 amide bonds. The van der Waals surface area contributed by atoms with Gasteiger partial charge in [0.15, 0.2) is 0 Å². The third-order valence-corrected chi connectivity index (χ3v) is 23.0. The maximum atomic E-state index is 5.20. The van der Waals surface area contributed by atoms with Crippen LogP contribution in [0.3, 0.4) is 0 Å². The zero-order valence-corrected chi connectivity index (χ0v) is 57.2. The van der Waals surface area contributed by atoms with Gasteiger partial charge in [0.1, 0.15) is 5.65 Å². The molecule has 0 unspecified atom stereocenters. The summed E-state index contributed by atoms with van der Waals surface area (Å²) in [6.45, 7) is 29.2. The predicted molar refractivity (Wildman–Crippen MR) is 367 cm³/mol. The Balaban J connectivity index is 0.000000168. The number of nitrogens with zero attached hydrogens (tertiary/aromatic N) is 4. The molecular weight excluding hydrogens is 1230 g/mol. The van der Waals surface area contributed by atoms with Crippen LogP contribution in [-0.2, 0) is 20.1 Å². The van der Waals surface area contributed by atoms with Gasteiger partial charge < -0.3 is 4.40 Å². The molecule has 4 heterocycles. The molecule has 4 nitrogen and oxygen atoms in total. The van der Waals surface area contributed by atoms with Gasteiger partial charge in [-0.05, 0) is 217 Å². The monoisotopic (exact) mass is 1330 g/mol. The summed E-state index contributed by atoms with van der Waals surface area (Å²) in [6, 6.07) is 51.2. The summed E-state index contributed by atoms with van der Waals surface area (Å²) < 4.78 is 4.97. The van der Waals surface area contributed by atoms with Crippen LogP contribution < -0.4 is 0 Å². The summed E-state index contributed by atoms with van der Waals surface area (Å²) in [5.41, 5.74) is 18.0. The average molecular weight is 1330 g/mol. The van der Waals surface area contributed by atoms with Crippen molar-refractivity contribution >= 4 is 54.6 Å². The molecule has 14 rings (SSSR count). The van der Waals surface area contributed by atoms with Crippen LogP contribution in [0.1, 0.15) is 232 Å². The number of pyridine rings is 2. The summed E-state index contributed by atoms with van der Waals surface area (Å²) >= 11 is 0. The van der Waals surface area contributed by atoms with E-state index in [9.17, 15) is 0 Å². The van der Waals surface area contributed by atoms with Crippen molar-refractivity contribution < 1.29 is 20.1 Å². The van der Waals surface area contributed by atoms with Crippen molar-refractivity contribution in [1.82, 2.24) is 18.8 Å². The van der Waals surface area contributed by atoms with Gasteiger partial charge in [-0.1, -0.05) is 186 Å². The number of para-hydroxylation sites is 2. The van der Waals surface area contributed by atoms with Crippen molar-refractivity contribution in [3.8, 4) is 22.5 Å². The van der Waals surface area contributed by atoms with E-state index in [2.05, 4.69) is 232 Å². The van der Waals surface area contributed by atoms with Gasteiger partial charge in [0.2, 0.25) is 0 Å². The zero-order valence-electron chi connectivity index (χ0n) is 54.8. The maximum absolute atomic E-state index is 5.20. The molecule has 457 valence electrons. The van der Waals surface area contributed by atoms with Gasteiger partial charge in [0, 0.05) is 53.7 Å². The summed E-state index contributed by atoms with van der Waals surface area (Å²) in [6.07, 6.45) is 25.3. The number of hydrogen-bond acceptors (Lipinski definition) is 2. The molecule has 0 bridgehead atoms. The van der Waals surface area contributed by atoms with E-state index < -0.39 is 0 Å². The Morgan fingerprint density at radius 2 is 0.644 bits per heavy atom. The van der Waals surface area contributed by atoms with Crippen molar-refractivity contribution in [2.75, 3.05) is 0 Å². The standard InChI is InChI=1S/C41H50N2.C41H49N2.Ir/c2*1-40(2,3)29-22-18-27(19-23-29)31-15-11-16-32(28-20-24-30(25-21-28)41(4,5)6)38(31)37-26-42-39-35-14-8-7-12-33(35)34-13-9-10-17-36(34)43(37)39;/h7-17,26-30H,18-25H2,1-6H3;7-13,15-17,26-30H,18-25H2,1-6H3;/q;-1;. The largest absolute Gasteiger partial charge is 0.333 e. The fraction of sp³-hybridized carbons (Fsp3) is 0.488. The summed E-state index contributed by atoms with van der Waals surface area (Å²) in [4.78, 5) is 10.4. The van der Waals surface area contributed by atoms with Crippen molar-refractivity contribution in [2.24, 2.45) is 45.3 Å². The van der Waals surface area contributed by atoms with Gasteiger partial charge in [0.25, 0.3) is 0 Å². The van der Waals surface area contributed by atoms with Gasteiger partial charge in [-0.2, -0.15) is 0 Å². The molecular formula is C82H99IrN4-. The van der Waals surface area contributed by atoms with Gasteiger partial charge in [-0.25, -0.2) is 4.98 Å². The molecule has 6 aromatic carbocycles. The van der Waals surface area contributed by atoms with E-state index in [0.717, 1.165) is 40.4 Å². The summed E-state index contributed by atoms with van der Waals surface area (Å²) in [5, 5.41) is 7.46. The van der Waals surface area contributed by atoms with Gasteiger partial charge in [-0.3, -0.25) is 9.38 Å². The van der Waals surface area contributed by atoms with Gasteiger partial charge >= 0.3 is 0 Å². The Labute approximate surface area is 535 Å². The van der Waals surface area contributed by atoms with E-state index in [0.29, 0.717) is 45.3 Å². The first-order chi connectivity index (χ1) is 41.2. The predicted octanol–water partition coefficient (Wildman–Crippen LogP) is 23.7. The molecule has 4 aromatic heterocycles. The fourth-order valence-electron chi connectivity index (χ4n) is 17.7.